The number of likely N-dealkylation sites (N-methyl/N-ethyl adjacent to an activating group) is 1. The molecule has 1 aromatic heterocycles. The number of nitrogens with one attached hydrogen (secondary N) is 1. The SMILES string of the molecule is CN(C)C(=O)CNC(=O)CCc1nc(-c2ccc(Cl)cc2)no1. The lowest BCUT2D eigenvalue weighted by molar-refractivity contribution is -0.130. The van der Waals surface area contributed by atoms with Crippen LogP contribution in [0, 0.1) is 0 Å². The molecule has 0 atom stereocenters. The molecule has 2 amide bonds. The van der Waals surface area contributed by atoms with Gasteiger partial charge in [-0.15, -0.1) is 0 Å². The number of hydrogen-bond donors (Lipinski definition) is 1. The van der Waals surface area contributed by atoms with E-state index in [0.29, 0.717) is 23.2 Å². The van der Waals surface area contributed by atoms with Crippen LogP contribution in [0.2, 0.25) is 5.02 Å². The van der Waals surface area contributed by atoms with Crippen molar-refractivity contribution in [3.8, 4) is 11.4 Å². The van der Waals surface area contributed by atoms with Gasteiger partial charge in [0.15, 0.2) is 0 Å². The van der Waals surface area contributed by atoms with Crippen molar-refractivity contribution in [1.29, 1.82) is 0 Å². The molecule has 0 saturated carbocycles. The van der Waals surface area contributed by atoms with Gasteiger partial charge in [-0.05, 0) is 24.3 Å². The van der Waals surface area contributed by atoms with Gasteiger partial charge in [0.25, 0.3) is 0 Å². The van der Waals surface area contributed by atoms with Crippen molar-refractivity contribution in [3.63, 3.8) is 0 Å². The first kappa shape index (κ1) is 17.0. The first-order valence-corrected chi connectivity index (χ1v) is 7.39. The van der Waals surface area contributed by atoms with Gasteiger partial charge >= 0.3 is 0 Å². The van der Waals surface area contributed by atoms with E-state index in [1.165, 1.54) is 4.90 Å². The van der Waals surface area contributed by atoms with Gasteiger partial charge < -0.3 is 14.7 Å². The van der Waals surface area contributed by atoms with Crippen LogP contribution in [0.5, 0.6) is 0 Å². The lowest BCUT2D eigenvalue weighted by Gasteiger charge is -2.10. The van der Waals surface area contributed by atoms with Crippen molar-refractivity contribution in [1.82, 2.24) is 20.4 Å². The second-order valence-corrected chi connectivity index (χ2v) is 5.52. The molecule has 2 rings (SSSR count). The lowest BCUT2D eigenvalue weighted by Crippen LogP contribution is -2.36. The standard InChI is InChI=1S/C15H17ClN4O3/c1-20(2)14(22)9-17-12(21)7-8-13-18-15(19-23-13)10-3-5-11(16)6-4-10/h3-6H,7-9H2,1-2H3,(H,17,21). The molecule has 0 aliphatic heterocycles. The number of aromatic nitrogens is 2. The van der Waals surface area contributed by atoms with E-state index in [-0.39, 0.29) is 24.8 Å². The van der Waals surface area contributed by atoms with E-state index in [2.05, 4.69) is 15.5 Å². The number of halogens is 1. The molecule has 0 aliphatic rings. The number of nitrogens with zero attached hydrogens (tertiary/aromatic N) is 3. The van der Waals surface area contributed by atoms with Crippen LogP contribution in [0.4, 0.5) is 0 Å². The molecule has 23 heavy (non-hydrogen) atoms. The summed E-state index contributed by atoms with van der Waals surface area (Å²) in [7, 11) is 3.26. The molecule has 0 aliphatic carbocycles. The minimum atomic E-state index is -0.244. The highest BCUT2D eigenvalue weighted by Gasteiger charge is 2.12. The zero-order chi connectivity index (χ0) is 16.8. The number of amides is 2. The molecular weight excluding hydrogens is 320 g/mol. The average molecular weight is 337 g/mol. The summed E-state index contributed by atoms with van der Waals surface area (Å²) in [4.78, 5) is 28.7. The highest BCUT2D eigenvalue weighted by Crippen LogP contribution is 2.18. The Morgan fingerprint density at radius 1 is 1.26 bits per heavy atom. The molecule has 0 bridgehead atoms. The molecule has 0 spiro atoms. The largest absolute Gasteiger partial charge is 0.347 e. The molecule has 0 saturated heterocycles. The Balaban J connectivity index is 1.84. The molecular formula is C15H17ClN4O3. The second kappa shape index (κ2) is 7.73. The molecule has 0 radical (unpaired) electrons. The summed E-state index contributed by atoms with van der Waals surface area (Å²) in [5.74, 6) is 0.400. The van der Waals surface area contributed by atoms with E-state index in [9.17, 15) is 9.59 Å². The molecule has 1 N–H and O–H groups in total. The second-order valence-electron chi connectivity index (χ2n) is 5.08. The number of aryl methyl sites for hydroxylation is 1. The van der Waals surface area contributed by atoms with Crippen LogP contribution >= 0.6 is 11.6 Å². The van der Waals surface area contributed by atoms with Crippen molar-refractivity contribution >= 4 is 23.4 Å². The highest BCUT2D eigenvalue weighted by molar-refractivity contribution is 6.30. The molecule has 8 heteroatoms. The van der Waals surface area contributed by atoms with E-state index in [1.54, 1.807) is 38.4 Å². The van der Waals surface area contributed by atoms with Crippen molar-refractivity contribution in [2.24, 2.45) is 0 Å². The van der Waals surface area contributed by atoms with E-state index >= 15 is 0 Å². The van der Waals surface area contributed by atoms with Crippen LogP contribution in [0.25, 0.3) is 11.4 Å². The Kier molecular flexibility index (Phi) is 5.70. The highest BCUT2D eigenvalue weighted by atomic mass is 35.5. The fraction of sp³-hybridized carbons (Fsp3) is 0.333. The number of rotatable bonds is 6. The smallest absolute Gasteiger partial charge is 0.241 e. The van der Waals surface area contributed by atoms with Gasteiger partial charge in [0.1, 0.15) is 0 Å². The monoisotopic (exact) mass is 336 g/mol. The fourth-order valence-corrected chi connectivity index (χ4v) is 1.84. The Bertz CT molecular complexity index is 682. The number of benzene rings is 1. The quantitative estimate of drug-likeness (QED) is 0.864. The minimum Gasteiger partial charge on any atom is -0.347 e. The van der Waals surface area contributed by atoms with Gasteiger partial charge in [-0.1, -0.05) is 16.8 Å². The maximum Gasteiger partial charge on any atom is 0.241 e. The number of carbonyl (C=O) groups excluding carboxylic acids is 2. The van der Waals surface area contributed by atoms with Gasteiger partial charge in [0.2, 0.25) is 23.5 Å². The molecule has 1 heterocycles. The van der Waals surface area contributed by atoms with E-state index < -0.39 is 0 Å². The third-order valence-electron chi connectivity index (χ3n) is 3.07. The summed E-state index contributed by atoms with van der Waals surface area (Å²) in [5, 5.41) is 7.04. The first-order valence-electron chi connectivity index (χ1n) is 7.01. The number of carbonyl (C=O) groups is 2. The van der Waals surface area contributed by atoms with Gasteiger partial charge in [-0.25, -0.2) is 0 Å². The topological polar surface area (TPSA) is 88.3 Å². The van der Waals surface area contributed by atoms with Crippen LogP contribution in [0.15, 0.2) is 28.8 Å². The van der Waals surface area contributed by atoms with E-state index in [1.807, 2.05) is 0 Å². The molecule has 1 aromatic carbocycles. The third-order valence-corrected chi connectivity index (χ3v) is 3.32. The third kappa shape index (κ3) is 5.07. The summed E-state index contributed by atoms with van der Waals surface area (Å²) < 4.78 is 5.11. The van der Waals surface area contributed by atoms with Crippen LogP contribution in [0.3, 0.4) is 0 Å². The normalized spacial score (nSPS) is 10.4. The maximum absolute atomic E-state index is 11.7. The molecule has 0 fully saturated rings. The Morgan fingerprint density at radius 3 is 2.61 bits per heavy atom. The number of hydrogen-bond acceptors (Lipinski definition) is 5. The summed E-state index contributed by atoms with van der Waals surface area (Å²) in [5.41, 5.74) is 0.783. The zero-order valence-corrected chi connectivity index (χ0v) is 13.6. The van der Waals surface area contributed by atoms with Crippen molar-refractivity contribution in [3.05, 3.63) is 35.2 Å². The minimum absolute atomic E-state index is 0.0221. The lowest BCUT2D eigenvalue weighted by atomic mass is 10.2. The predicted molar refractivity (Wildman–Crippen MR) is 84.8 cm³/mol. The van der Waals surface area contributed by atoms with Gasteiger partial charge in [0.05, 0.1) is 6.54 Å². The van der Waals surface area contributed by atoms with Crippen LogP contribution in [-0.2, 0) is 16.0 Å². The van der Waals surface area contributed by atoms with Crippen molar-refractivity contribution < 1.29 is 14.1 Å². The molecule has 0 unspecified atom stereocenters. The van der Waals surface area contributed by atoms with Crippen molar-refractivity contribution in [2.45, 2.75) is 12.8 Å². The van der Waals surface area contributed by atoms with Crippen LogP contribution < -0.4 is 5.32 Å². The van der Waals surface area contributed by atoms with Crippen molar-refractivity contribution in [2.75, 3.05) is 20.6 Å². The van der Waals surface area contributed by atoms with Gasteiger partial charge in [-0.2, -0.15) is 4.98 Å². The Morgan fingerprint density at radius 2 is 1.96 bits per heavy atom. The van der Waals surface area contributed by atoms with Crippen LogP contribution in [0.1, 0.15) is 12.3 Å². The predicted octanol–water partition coefficient (Wildman–Crippen LogP) is 1.53. The summed E-state index contributed by atoms with van der Waals surface area (Å²) in [6, 6.07) is 7.05. The van der Waals surface area contributed by atoms with Gasteiger partial charge in [-0.3, -0.25) is 9.59 Å². The summed E-state index contributed by atoms with van der Waals surface area (Å²) in [6.07, 6.45) is 0.478. The molecule has 2 aromatic rings. The van der Waals surface area contributed by atoms with Crippen LogP contribution in [-0.4, -0.2) is 47.5 Å². The summed E-state index contributed by atoms with van der Waals surface area (Å²) in [6.45, 7) is -0.0221. The zero-order valence-electron chi connectivity index (χ0n) is 12.9. The van der Waals surface area contributed by atoms with Gasteiger partial charge in [0, 0.05) is 37.5 Å². The van der Waals surface area contributed by atoms with E-state index in [0.717, 1.165) is 5.56 Å². The summed E-state index contributed by atoms with van der Waals surface area (Å²) >= 11 is 5.82. The Hall–Kier alpha value is -2.41. The van der Waals surface area contributed by atoms with E-state index in [4.69, 9.17) is 16.1 Å². The first-order chi connectivity index (χ1) is 11.0. The maximum atomic E-state index is 11.7. The average Bonchev–Trinajstić information content (AvgIpc) is 3.00. The fourth-order valence-electron chi connectivity index (χ4n) is 1.71. The molecule has 7 nitrogen and oxygen atoms in total. The Labute approximate surface area is 138 Å². The molecule has 122 valence electrons.